The van der Waals surface area contributed by atoms with Crippen LogP contribution in [0.1, 0.15) is 18.4 Å². The van der Waals surface area contributed by atoms with Gasteiger partial charge in [0.1, 0.15) is 17.3 Å². The molecule has 1 aliphatic rings. The second kappa shape index (κ2) is 6.30. The minimum Gasteiger partial charge on any atom is -0.383 e. The highest BCUT2D eigenvalue weighted by Gasteiger charge is 2.32. The van der Waals surface area contributed by atoms with Crippen LogP contribution in [0.25, 0.3) is 0 Å². The molecule has 0 aliphatic heterocycles. The van der Waals surface area contributed by atoms with Gasteiger partial charge in [-0.25, -0.2) is 8.78 Å². The highest BCUT2D eigenvalue weighted by atomic mass is 19.1. The standard InChI is InChI=1S/C14H20F2N2O/c1-19-7-6-18(11-2-3-11)14-12(15)8-10(4-5-17)9-13(14)16/h8-9,11H,2-7,17H2,1H3. The molecule has 5 heteroatoms. The van der Waals surface area contributed by atoms with Crippen LogP contribution in [-0.2, 0) is 11.2 Å². The molecule has 2 rings (SSSR count). The van der Waals surface area contributed by atoms with Crippen molar-refractivity contribution in [1.82, 2.24) is 0 Å². The summed E-state index contributed by atoms with van der Waals surface area (Å²) in [6.45, 7) is 1.35. The molecule has 0 radical (unpaired) electrons. The fourth-order valence-corrected chi connectivity index (χ4v) is 2.26. The molecule has 1 fully saturated rings. The van der Waals surface area contributed by atoms with Gasteiger partial charge in [-0.3, -0.25) is 0 Å². The summed E-state index contributed by atoms with van der Waals surface area (Å²) < 4.78 is 33.3. The molecule has 0 spiro atoms. The van der Waals surface area contributed by atoms with Crippen molar-refractivity contribution < 1.29 is 13.5 Å². The molecular weight excluding hydrogens is 250 g/mol. The predicted molar refractivity (Wildman–Crippen MR) is 71.4 cm³/mol. The van der Waals surface area contributed by atoms with Crippen molar-refractivity contribution in [1.29, 1.82) is 0 Å². The van der Waals surface area contributed by atoms with Gasteiger partial charge in [-0.05, 0) is 43.5 Å². The first kappa shape index (κ1) is 14.2. The number of benzene rings is 1. The van der Waals surface area contributed by atoms with E-state index in [1.807, 2.05) is 0 Å². The molecule has 1 aliphatic carbocycles. The Bertz CT molecular complexity index is 412. The molecule has 2 N–H and O–H groups in total. The number of rotatable bonds is 7. The molecule has 0 amide bonds. The van der Waals surface area contributed by atoms with Crippen molar-refractivity contribution in [2.24, 2.45) is 5.73 Å². The minimum absolute atomic E-state index is 0.0697. The maximum atomic E-state index is 14.1. The average Bonchev–Trinajstić information content (AvgIpc) is 3.17. The van der Waals surface area contributed by atoms with E-state index in [2.05, 4.69) is 0 Å². The van der Waals surface area contributed by atoms with Gasteiger partial charge in [-0.2, -0.15) is 0 Å². The lowest BCUT2D eigenvalue weighted by Gasteiger charge is -2.25. The molecule has 3 nitrogen and oxygen atoms in total. The van der Waals surface area contributed by atoms with Gasteiger partial charge in [0, 0.05) is 19.7 Å². The number of hydrogen-bond donors (Lipinski definition) is 1. The number of anilines is 1. The van der Waals surface area contributed by atoms with Gasteiger partial charge >= 0.3 is 0 Å². The number of methoxy groups -OCH3 is 1. The minimum atomic E-state index is -0.508. The monoisotopic (exact) mass is 270 g/mol. The molecule has 0 unspecified atom stereocenters. The van der Waals surface area contributed by atoms with Gasteiger partial charge < -0.3 is 15.4 Å². The quantitative estimate of drug-likeness (QED) is 0.824. The van der Waals surface area contributed by atoms with Gasteiger partial charge in [0.25, 0.3) is 0 Å². The number of nitrogens with two attached hydrogens (primary N) is 1. The number of ether oxygens (including phenoxy) is 1. The van der Waals surface area contributed by atoms with E-state index in [9.17, 15) is 8.78 Å². The van der Waals surface area contributed by atoms with Crippen LogP contribution in [0.15, 0.2) is 12.1 Å². The van der Waals surface area contributed by atoms with E-state index in [4.69, 9.17) is 10.5 Å². The molecule has 0 aromatic heterocycles. The molecule has 1 aromatic rings. The highest BCUT2D eigenvalue weighted by molar-refractivity contribution is 5.52. The summed E-state index contributed by atoms with van der Waals surface area (Å²) in [5.41, 5.74) is 6.08. The first-order chi connectivity index (χ1) is 9.17. The Morgan fingerprint density at radius 1 is 1.32 bits per heavy atom. The van der Waals surface area contributed by atoms with E-state index < -0.39 is 11.6 Å². The Labute approximate surface area is 112 Å². The van der Waals surface area contributed by atoms with E-state index in [0.29, 0.717) is 31.7 Å². The topological polar surface area (TPSA) is 38.5 Å². The van der Waals surface area contributed by atoms with Crippen molar-refractivity contribution in [3.63, 3.8) is 0 Å². The molecule has 1 aromatic carbocycles. The Hall–Kier alpha value is -1.20. The average molecular weight is 270 g/mol. The van der Waals surface area contributed by atoms with Gasteiger partial charge in [0.2, 0.25) is 0 Å². The zero-order valence-corrected chi connectivity index (χ0v) is 11.2. The number of hydrogen-bond acceptors (Lipinski definition) is 3. The van der Waals surface area contributed by atoms with Crippen LogP contribution in [0.3, 0.4) is 0 Å². The van der Waals surface area contributed by atoms with Crippen LogP contribution in [0.5, 0.6) is 0 Å². The van der Waals surface area contributed by atoms with E-state index in [1.165, 1.54) is 12.1 Å². The lowest BCUT2D eigenvalue weighted by Crippen LogP contribution is -2.31. The fourth-order valence-electron chi connectivity index (χ4n) is 2.26. The fraction of sp³-hybridized carbons (Fsp3) is 0.571. The molecule has 106 valence electrons. The smallest absolute Gasteiger partial charge is 0.149 e. The summed E-state index contributed by atoms with van der Waals surface area (Å²) in [6, 6.07) is 3.00. The van der Waals surface area contributed by atoms with Crippen LogP contribution in [0, 0.1) is 11.6 Å². The molecule has 0 bridgehead atoms. The lowest BCUT2D eigenvalue weighted by molar-refractivity contribution is 0.204. The molecule has 0 saturated heterocycles. The Morgan fingerprint density at radius 3 is 2.42 bits per heavy atom. The third-order valence-electron chi connectivity index (χ3n) is 3.32. The summed E-state index contributed by atoms with van der Waals surface area (Å²) in [5.74, 6) is -1.02. The summed E-state index contributed by atoms with van der Waals surface area (Å²) in [6.07, 6.45) is 2.44. The SMILES string of the molecule is COCCN(c1c(F)cc(CCN)cc1F)C1CC1. The summed E-state index contributed by atoms with van der Waals surface area (Å²) in [5, 5.41) is 0. The van der Waals surface area contributed by atoms with E-state index in [-0.39, 0.29) is 11.7 Å². The van der Waals surface area contributed by atoms with Crippen LogP contribution < -0.4 is 10.6 Å². The molecule has 19 heavy (non-hydrogen) atoms. The predicted octanol–water partition coefficient (Wildman–Crippen LogP) is 2.08. The number of halogens is 2. The molecule has 0 heterocycles. The largest absolute Gasteiger partial charge is 0.383 e. The summed E-state index contributed by atoms with van der Waals surface area (Å²) >= 11 is 0. The van der Waals surface area contributed by atoms with E-state index in [0.717, 1.165) is 12.8 Å². The Morgan fingerprint density at radius 2 is 1.95 bits per heavy atom. The van der Waals surface area contributed by atoms with Crippen molar-refractivity contribution in [2.75, 3.05) is 31.7 Å². The molecule has 0 atom stereocenters. The third-order valence-corrected chi connectivity index (χ3v) is 3.32. The number of nitrogens with zero attached hydrogens (tertiary/aromatic N) is 1. The first-order valence-electron chi connectivity index (χ1n) is 6.61. The Balaban J connectivity index is 2.25. The first-order valence-corrected chi connectivity index (χ1v) is 6.61. The van der Waals surface area contributed by atoms with Crippen LogP contribution >= 0.6 is 0 Å². The van der Waals surface area contributed by atoms with Crippen LogP contribution in [0.2, 0.25) is 0 Å². The third kappa shape index (κ3) is 3.42. The van der Waals surface area contributed by atoms with Crippen molar-refractivity contribution in [3.05, 3.63) is 29.3 Å². The van der Waals surface area contributed by atoms with Gasteiger partial charge in [-0.15, -0.1) is 0 Å². The second-order valence-electron chi connectivity index (χ2n) is 4.86. The van der Waals surface area contributed by atoms with E-state index >= 15 is 0 Å². The van der Waals surface area contributed by atoms with Gasteiger partial charge in [0.05, 0.1) is 6.61 Å². The van der Waals surface area contributed by atoms with Crippen LogP contribution in [-0.4, -0.2) is 32.8 Å². The van der Waals surface area contributed by atoms with Crippen molar-refractivity contribution in [2.45, 2.75) is 25.3 Å². The lowest BCUT2D eigenvalue weighted by atomic mass is 10.1. The highest BCUT2D eigenvalue weighted by Crippen LogP contribution is 2.35. The zero-order chi connectivity index (χ0) is 13.8. The van der Waals surface area contributed by atoms with Gasteiger partial charge in [-0.1, -0.05) is 0 Å². The summed E-state index contributed by atoms with van der Waals surface area (Å²) in [7, 11) is 1.59. The van der Waals surface area contributed by atoms with E-state index in [1.54, 1.807) is 12.0 Å². The Kier molecular flexibility index (Phi) is 4.71. The molecular formula is C14H20F2N2O. The summed E-state index contributed by atoms with van der Waals surface area (Å²) in [4.78, 5) is 1.78. The maximum absolute atomic E-state index is 14.1. The maximum Gasteiger partial charge on any atom is 0.149 e. The normalized spacial score (nSPS) is 14.7. The van der Waals surface area contributed by atoms with Crippen molar-refractivity contribution >= 4 is 5.69 Å². The van der Waals surface area contributed by atoms with Crippen molar-refractivity contribution in [3.8, 4) is 0 Å². The molecule has 1 saturated carbocycles. The van der Waals surface area contributed by atoms with Crippen LogP contribution in [0.4, 0.5) is 14.5 Å². The second-order valence-corrected chi connectivity index (χ2v) is 4.86. The zero-order valence-electron chi connectivity index (χ0n) is 11.2. The van der Waals surface area contributed by atoms with Gasteiger partial charge in [0.15, 0.2) is 0 Å².